The Bertz CT molecular complexity index is 1880. The van der Waals surface area contributed by atoms with Gasteiger partial charge < -0.3 is 84.9 Å². The van der Waals surface area contributed by atoms with E-state index in [1.807, 2.05) is 0 Å². The van der Waals surface area contributed by atoms with Crippen molar-refractivity contribution in [2.24, 2.45) is 0 Å². The van der Waals surface area contributed by atoms with E-state index in [1.165, 1.54) is 0 Å². The van der Waals surface area contributed by atoms with E-state index in [4.69, 9.17) is 33.2 Å². The molecule has 0 radical (unpaired) electrons. The lowest BCUT2D eigenvalue weighted by atomic mass is 9.83. The van der Waals surface area contributed by atoms with Crippen LogP contribution in [0.2, 0.25) is 0 Å². The first-order valence-electron chi connectivity index (χ1n) is 20.6. The molecule has 1 aliphatic carbocycles. The van der Waals surface area contributed by atoms with E-state index in [-0.39, 0.29) is 32.7 Å². The molecule has 1 saturated carbocycles. The molecule has 344 valence electrons. The Hall–Kier alpha value is -4.97. The number of benzene rings is 3. The standard InChI is InChI=1S/C43H55N3O17/c1-2-28-32(49)34(51)35(52)40(60-28)63-38-27(45-42(55)58-21-24-14-8-4-9-15-24)18-26(44-41(54)57-20-23-12-6-3-7-13-23)37(36(38)53)62-39-33(50)30(31(48)29(19-47)61-39)46-43(56)59-22-25-16-10-5-11-17-25/h3-17,26-40,47-53H,2,18-22H2,1H3,(H,44,54)(H,45,55)(H,46,56)/t26?,27-,28?,29+,30?,31-,32+,33+,34+,35?,36?,37-,38?,39?,40+/m0/s1. The molecule has 6 rings (SSSR count). The number of carbonyl (C=O) groups is 3. The Morgan fingerprint density at radius 3 is 1.38 bits per heavy atom. The van der Waals surface area contributed by atoms with Gasteiger partial charge in [-0.25, -0.2) is 14.4 Å². The third-order valence-electron chi connectivity index (χ3n) is 11.0. The smallest absolute Gasteiger partial charge is 0.407 e. The summed E-state index contributed by atoms with van der Waals surface area (Å²) in [5.74, 6) is 0. The number of hydrogen-bond donors (Lipinski definition) is 10. The van der Waals surface area contributed by atoms with Gasteiger partial charge in [0.25, 0.3) is 0 Å². The van der Waals surface area contributed by atoms with Crippen LogP contribution in [0.15, 0.2) is 91.0 Å². The molecule has 0 aromatic heterocycles. The zero-order chi connectivity index (χ0) is 45.0. The minimum atomic E-state index is -1.94. The van der Waals surface area contributed by atoms with Crippen LogP contribution >= 0.6 is 0 Å². The van der Waals surface area contributed by atoms with Gasteiger partial charge in [0.1, 0.15) is 74.8 Å². The highest BCUT2D eigenvalue weighted by Gasteiger charge is 2.54. The fourth-order valence-electron chi connectivity index (χ4n) is 7.62. The van der Waals surface area contributed by atoms with Gasteiger partial charge in [-0.15, -0.1) is 0 Å². The van der Waals surface area contributed by atoms with Crippen molar-refractivity contribution >= 4 is 18.3 Å². The van der Waals surface area contributed by atoms with Crippen LogP contribution < -0.4 is 16.0 Å². The summed E-state index contributed by atoms with van der Waals surface area (Å²) in [6.07, 6.45) is -23.1. The van der Waals surface area contributed by atoms with Gasteiger partial charge >= 0.3 is 18.3 Å². The molecule has 7 unspecified atom stereocenters. The number of hydrogen-bond acceptors (Lipinski definition) is 17. The lowest BCUT2D eigenvalue weighted by molar-refractivity contribution is -0.335. The average Bonchev–Trinajstić information content (AvgIpc) is 3.29. The summed E-state index contributed by atoms with van der Waals surface area (Å²) in [5.41, 5.74) is 1.96. The molecule has 3 amide bonds. The molecule has 2 saturated heterocycles. The van der Waals surface area contributed by atoms with Crippen molar-refractivity contribution in [3.63, 3.8) is 0 Å². The van der Waals surface area contributed by atoms with Gasteiger partial charge in [0, 0.05) is 0 Å². The Morgan fingerprint density at radius 2 is 0.952 bits per heavy atom. The van der Waals surface area contributed by atoms with E-state index < -0.39 is 117 Å². The van der Waals surface area contributed by atoms with E-state index in [1.54, 1.807) is 97.9 Å². The molecule has 15 atom stereocenters. The molecule has 20 heteroatoms. The van der Waals surface area contributed by atoms with E-state index in [0.717, 1.165) is 0 Å². The van der Waals surface area contributed by atoms with Crippen LogP contribution in [0.1, 0.15) is 36.5 Å². The van der Waals surface area contributed by atoms with Crippen LogP contribution in [0.4, 0.5) is 14.4 Å². The Morgan fingerprint density at radius 1 is 0.540 bits per heavy atom. The quantitative estimate of drug-likeness (QED) is 0.0903. The van der Waals surface area contributed by atoms with Gasteiger partial charge in [-0.2, -0.15) is 0 Å². The maximum Gasteiger partial charge on any atom is 0.407 e. The fraction of sp³-hybridized carbons (Fsp3) is 0.512. The molecule has 0 spiro atoms. The minimum absolute atomic E-state index is 0.150. The van der Waals surface area contributed by atoms with Crippen molar-refractivity contribution in [2.45, 2.75) is 131 Å². The summed E-state index contributed by atoms with van der Waals surface area (Å²) in [6.45, 7) is 0.371. The number of alkyl carbamates (subject to hydrolysis) is 3. The van der Waals surface area contributed by atoms with Crippen LogP contribution in [-0.2, 0) is 53.0 Å². The van der Waals surface area contributed by atoms with Gasteiger partial charge in [0.2, 0.25) is 0 Å². The number of ether oxygens (including phenoxy) is 7. The summed E-state index contributed by atoms with van der Waals surface area (Å²) in [4.78, 5) is 39.7. The molecule has 3 aromatic carbocycles. The number of aliphatic hydroxyl groups excluding tert-OH is 7. The number of amides is 3. The molecule has 2 aliphatic heterocycles. The average molecular weight is 886 g/mol. The summed E-state index contributed by atoms with van der Waals surface area (Å²) < 4.78 is 40.1. The molecular weight excluding hydrogens is 830 g/mol. The van der Waals surface area contributed by atoms with Gasteiger partial charge in [0.05, 0.1) is 30.8 Å². The normalized spacial score (nSPS) is 33.0. The lowest BCUT2D eigenvalue weighted by Crippen LogP contribution is -2.70. The first kappa shape index (κ1) is 47.5. The highest BCUT2D eigenvalue weighted by Crippen LogP contribution is 2.34. The summed E-state index contributed by atoms with van der Waals surface area (Å²) in [5, 5.41) is 84.9. The number of rotatable bonds is 15. The van der Waals surface area contributed by atoms with Crippen molar-refractivity contribution in [1.29, 1.82) is 0 Å². The van der Waals surface area contributed by atoms with Crippen LogP contribution in [0.3, 0.4) is 0 Å². The second kappa shape index (κ2) is 22.6. The van der Waals surface area contributed by atoms with E-state index in [2.05, 4.69) is 16.0 Å². The Kier molecular flexibility index (Phi) is 17.0. The third kappa shape index (κ3) is 12.4. The lowest BCUT2D eigenvalue weighted by Gasteiger charge is -2.49. The van der Waals surface area contributed by atoms with Crippen molar-refractivity contribution < 1.29 is 83.3 Å². The maximum atomic E-state index is 13.4. The van der Waals surface area contributed by atoms with Gasteiger partial charge in [-0.1, -0.05) is 97.9 Å². The van der Waals surface area contributed by atoms with Crippen molar-refractivity contribution in [2.75, 3.05) is 6.61 Å². The highest BCUT2D eigenvalue weighted by atomic mass is 16.7. The fourth-order valence-corrected chi connectivity index (χ4v) is 7.62. The van der Waals surface area contributed by atoms with Crippen LogP contribution in [0.25, 0.3) is 0 Å². The minimum Gasteiger partial charge on any atom is -0.445 e. The van der Waals surface area contributed by atoms with E-state index >= 15 is 0 Å². The van der Waals surface area contributed by atoms with E-state index in [0.29, 0.717) is 16.7 Å². The van der Waals surface area contributed by atoms with Gasteiger partial charge in [-0.3, -0.25) is 0 Å². The molecule has 3 aliphatic rings. The first-order valence-corrected chi connectivity index (χ1v) is 20.6. The second-order valence-corrected chi connectivity index (χ2v) is 15.4. The molecular formula is C43H55N3O17. The highest BCUT2D eigenvalue weighted by molar-refractivity contribution is 5.69. The number of aliphatic hydroxyl groups is 7. The zero-order valence-corrected chi connectivity index (χ0v) is 34.3. The predicted octanol–water partition coefficient (Wildman–Crippen LogP) is 0.0630. The second-order valence-electron chi connectivity index (χ2n) is 15.4. The van der Waals surface area contributed by atoms with Crippen molar-refractivity contribution in [1.82, 2.24) is 16.0 Å². The molecule has 10 N–H and O–H groups in total. The maximum absolute atomic E-state index is 13.4. The van der Waals surface area contributed by atoms with Crippen LogP contribution in [-0.4, -0.2) is 152 Å². The largest absolute Gasteiger partial charge is 0.445 e. The van der Waals surface area contributed by atoms with Gasteiger partial charge in [-0.05, 0) is 29.5 Å². The zero-order valence-electron chi connectivity index (χ0n) is 34.3. The number of nitrogens with one attached hydrogen (secondary N) is 3. The topological polar surface area (TPSA) is 294 Å². The van der Waals surface area contributed by atoms with Crippen molar-refractivity contribution in [3.8, 4) is 0 Å². The van der Waals surface area contributed by atoms with Crippen LogP contribution in [0.5, 0.6) is 0 Å². The van der Waals surface area contributed by atoms with Crippen LogP contribution in [0, 0.1) is 0 Å². The van der Waals surface area contributed by atoms with Gasteiger partial charge in [0.15, 0.2) is 12.6 Å². The molecule has 20 nitrogen and oxygen atoms in total. The monoisotopic (exact) mass is 885 g/mol. The van der Waals surface area contributed by atoms with Crippen molar-refractivity contribution in [3.05, 3.63) is 108 Å². The predicted molar refractivity (Wildman–Crippen MR) is 216 cm³/mol. The summed E-state index contributed by atoms with van der Waals surface area (Å²) in [7, 11) is 0. The Balaban J connectivity index is 1.27. The summed E-state index contributed by atoms with van der Waals surface area (Å²) >= 11 is 0. The van der Waals surface area contributed by atoms with E-state index in [9.17, 15) is 50.1 Å². The Labute approximate surface area is 362 Å². The molecule has 63 heavy (non-hydrogen) atoms. The molecule has 3 fully saturated rings. The first-order chi connectivity index (χ1) is 30.4. The molecule has 0 bridgehead atoms. The third-order valence-corrected chi connectivity index (χ3v) is 11.0. The summed E-state index contributed by atoms with van der Waals surface area (Å²) in [6, 6.07) is 22.0. The molecule has 2 heterocycles. The molecule has 3 aromatic rings. The SMILES string of the molecule is CCC1O[C@H](OC2C(O)[C@@H](OC3O[C@H](CO)[C@H](O)C(NC(=O)OCc4ccccc4)[C@H]3O)C(NC(=O)OCc3ccccc3)C[C@@H]2NC(=O)OCc2ccccc2)C(O)[C@H](O)[C@@H]1O. The number of carbonyl (C=O) groups excluding carboxylic acids is 3.